The van der Waals surface area contributed by atoms with Crippen LogP contribution in [0.5, 0.6) is 0 Å². The Morgan fingerprint density at radius 3 is 2.19 bits per heavy atom. The lowest BCUT2D eigenvalue weighted by Crippen LogP contribution is -2.49. The van der Waals surface area contributed by atoms with E-state index in [2.05, 4.69) is 62.3 Å². The predicted octanol–water partition coefficient (Wildman–Crippen LogP) is 1.81. The summed E-state index contributed by atoms with van der Waals surface area (Å²) in [5.41, 5.74) is 1.31. The van der Waals surface area contributed by atoms with E-state index in [1.165, 1.54) is 5.56 Å². The Bertz CT molecular complexity index is 349. The van der Waals surface area contributed by atoms with E-state index in [0.29, 0.717) is 0 Å². The van der Waals surface area contributed by atoms with Crippen molar-refractivity contribution < 1.29 is 4.48 Å². The molecule has 0 aliphatic rings. The molecule has 0 atom stereocenters. The summed E-state index contributed by atoms with van der Waals surface area (Å²) in [6.45, 7) is 0.892. The zero-order chi connectivity index (χ0) is 12.2. The van der Waals surface area contributed by atoms with Gasteiger partial charge in [-0.1, -0.05) is 30.3 Å². The van der Waals surface area contributed by atoms with Crippen LogP contribution >= 0.6 is 0 Å². The number of guanidine groups is 1. The van der Waals surface area contributed by atoms with E-state index in [1.54, 1.807) is 0 Å². The van der Waals surface area contributed by atoms with Gasteiger partial charge in [0.15, 0.2) is 0 Å². The number of quaternary nitrogens is 1. The molecule has 0 spiro atoms. The van der Waals surface area contributed by atoms with Crippen LogP contribution in [0.15, 0.2) is 35.3 Å². The van der Waals surface area contributed by atoms with Gasteiger partial charge in [0.2, 0.25) is 0 Å². The van der Waals surface area contributed by atoms with Crippen LogP contribution in [0.25, 0.3) is 0 Å². The van der Waals surface area contributed by atoms with Gasteiger partial charge in [-0.05, 0) is 5.56 Å². The van der Waals surface area contributed by atoms with Crippen molar-refractivity contribution in [3.8, 4) is 0 Å². The molecule has 0 N–H and O–H groups in total. The Balaban J connectivity index is 2.76. The van der Waals surface area contributed by atoms with Crippen LogP contribution in [0, 0.1) is 0 Å². The fourth-order valence-electron chi connectivity index (χ4n) is 1.91. The standard InChI is InChI=1S/C13H22N3/c1-14-13(16(3,4)5)15(2)11-12-9-7-6-8-10-12/h6-10H,11H2,1-5H3/q+1/b14-13+. The SMILES string of the molecule is C/N=C(\N(C)Cc1ccccc1)[N+](C)(C)C. The van der Waals surface area contributed by atoms with E-state index in [1.807, 2.05) is 13.1 Å². The van der Waals surface area contributed by atoms with Crippen LogP contribution < -0.4 is 0 Å². The van der Waals surface area contributed by atoms with Gasteiger partial charge in [-0.3, -0.25) is 4.48 Å². The summed E-state index contributed by atoms with van der Waals surface area (Å²) in [5, 5.41) is 0. The number of nitrogens with zero attached hydrogens (tertiary/aromatic N) is 3. The second-order valence-corrected chi connectivity index (χ2v) is 4.88. The molecule has 0 radical (unpaired) electrons. The minimum absolute atomic E-state index is 0.736. The van der Waals surface area contributed by atoms with Crippen molar-refractivity contribution in [3.05, 3.63) is 35.9 Å². The third kappa shape index (κ3) is 3.35. The Morgan fingerprint density at radius 1 is 1.19 bits per heavy atom. The van der Waals surface area contributed by atoms with E-state index in [9.17, 15) is 0 Å². The molecule has 88 valence electrons. The van der Waals surface area contributed by atoms with E-state index in [4.69, 9.17) is 0 Å². The highest BCUT2D eigenvalue weighted by molar-refractivity contribution is 5.72. The quantitative estimate of drug-likeness (QED) is 0.422. The highest BCUT2D eigenvalue weighted by atomic mass is 15.4. The largest absolute Gasteiger partial charge is 0.310 e. The van der Waals surface area contributed by atoms with Crippen molar-refractivity contribution in [2.45, 2.75) is 6.54 Å². The highest BCUT2D eigenvalue weighted by Crippen LogP contribution is 2.07. The van der Waals surface area contributed by atoms with E-state index >= 15 is 0 Å². The topological polar surface area (TPSA) is 15.6 Å². The zero-order valence-corrected chi connectivity index (χ0v) is 10.9. The monoisotopic (exact) mass is 220 g/mol. The second kappa shape index (κ2) is 5.12. The van der Waals surface area contributed by atoms with Crippen molar-refractivity contribution in [3.63, 3.8) is 0 Å². The van der Waals surface area contributed by atoms with Gasteiger partial charge >= 0.3 is 0 Å². The molecule has 16 heavy (non-hydrogen) atoms. The Kier molecular flexibility index (Phi) is 4.07. The van der Waals surface area contributed by atoms with Crippen molar-refractivity contribution in [2.24, 2.45) is 4.99 Å². The molecule has 0 bridgehead atoms. The Labute approximate surface area is 98.6 Å². The van der Waals surface area contributed by atoms with Gasteiger partial charge < -0.3 is 4.90 Å². The fraction of sp³-hybridized carbons (Fsp3) is 0.462. The first-order chi connectivity index (χ1) is 7.45. The number of hydrogen-bond donors (Lipinski definition) is 0. The molecule has 0 unspecified atom stereocenters. The molecule has 0 heterocycles. The molecular formula is C13H22N3+. The summed E-state index contributed by atoms with van der Waals surface area (Å²) in [6.07, 6.45) is 0. The van der Waals surface area contributed by atoms with Crippen LogP contribution in [0.2, 0.25) is 0 Å². The van der Waals surface area contributed by atoms with Crippen molar-refractivity contribution in [1.29, 1.82) is 0 Å². The summed E-state index contributed by atoms with van der Waals surface area (Å²) < 4.78 is 0.736. The van der Waals surface area contributed by atoms with Gasteiger partial charge in [-0.15, -0.1) is 0 Å². The lowest BCUT2D eigenvalue weighted by Gasteiger charge is -2.30. The van der Waals surface area contributed by atoms with Gasteiger partial charge in [0.1, 0.15) is 0 Å². The number of rotatable bonds is 2. The molecule has 1 rings (SSSR count). The first-order valence-electron chi connectivity index (χ1n) is 5.49. The van der Waals surface area contributed by atoms with Crippen LogP contribution in [-0.4, -0.2) is 50.6 Å². The molecule has 0 amide bonds. The maximum absolute atomic E-state index is 4.37. The molecule has 1 aromatic carbocycles. The third-order valence-electron chi connectivity index (χ3n) is 2.40. The van der Waals surface area contributed by atoms with Gasteiger partial charge in [0, 0.05) is 20.6 Å². The van der Waals surface area contributed by atoms with Crippen molar-refractivity contribution >= 4 is 5.96 Å². The number of aliphatic imine (C=N–C) groups is 1. The molecule has 1 aromatic rings. The number of hydrogen-bond acceptors (Lipinski definition) is 1. The fourth-order valence-corrected chi connectivity index (χ4v) is 1.91. The third-order valence-corrected chi connectivity index (χ3v) is 2.40. The number of benzene rings is 1. The molecule has 0 saturated carbocycles. The molecule has 3 nitrogen and oxygen atoms in total. The lowest BCUT2D eigenvalue weighted by atomic mass is 10.2. The first-order valence-corrected chi connectivity index (χ1v) is 5.49. The van der Waals surface area contributed by atoms with Crippen LogP contribution in [0.3, 0.4) is 0 Å². The summed E-state index contributed by atoms with van der Waals surface area (Å²) in [4.78, 5) is 6.56. The predicted molar refractivity (Wildman–Crippen MR) is 69.3 cm³/mol. The van der Waals surface area contributed by atoms with Gasteiger partial charge in [0.05, 0.1) is 21.1 Å². The van der Waals surface area contributed by atoms with E-state index < -0.39 is 0 Å². The minimum atomic E-state index is 0.736. The molecule has 0 aliphatic heterocycles. The Hall–Kier alpha value is -1.35. The lowest BCUT2D eigenvalue weighted by molar-refractivity contribution is -0.783. The highest BCUT2D eigenvalue weighted by Gasteiger charge is 2.21. The van der Waals surface area contributed by atoms with E-state index in [0.717, 1.165) is 17.0 Å². The van der Waals surface area contributed by atoms with E-state index in [-0.39, 0.29) is 0 Å². The summed E-state index contributed by atoms with van der Waals surface area (Å²) in [5.74, 6) is 1.07. The van der Waals surface area contributed by atoms with Gasteiger partial charge in [0.25, 0.3) is 5.96 Å². The van der Waals surface area contributed by atoms with Crippen LogP contribution in [0.1, 0.15) is 5.56 Å². The first kappa shape index (κ1) is 12.7. The summed E-state index contributed by atoms with van der Waals surface area (Å²) in [6, 6.07) is 10.5. The zero-order valence-electron chi connectivity index (χ0n) is 10.9. The van der Waals surface area contributed by atoms with Gasteiger partial charge in [-0.2, -0.15) is 0 Å². The average Bonchev–Trinajstić information content (AvgIpc) is 2.17. The maximum atomic E-state index is 4.37. The summed E-state index contributed by atoms with van der Waals surface area (Å²) >= 11 is 0. The van der Waals surface area contributed by atoms with Gasteiger partial charge in [-0.25, -0.2) is 4.99 Å². The van der Waals surface area contributed by atoms with Crippen LogP contribution in [0.4, 0.5) is 0 Å². The molecule has 3 heteroatoms. The molecule has 0 aliphatic carbocycles. The molecule has 0 aromatic heterocycles. The molecule has 0 saturated heterocycles. The Morgan fingerprint density at radius 2 is 1.75 bits per heavy atom. The van der Waals surface area contributed by atoms with Crippen molar-refractivity contribution in [1.82, 2.24) is 4.90 Å². The summed E-state index contributed by atoms with van der Waals surface area (Å²) in [7, 11) is 10.3. The average molecular weight is 220 g/mol. The normalized spacial score (nSPS) is 12.7. The molecular weight excluding hydrogens is 198 g/mol. The maximum Gasteiger partial charge on any atom is 0.299 e. The minimum Gasteiger partial charge on any atom is -0.310 e. The van der Waals surface area contributed by atoms with Crippen LogP contribution in [-0.2, 0) is 6.54 Å². The smallest absolute Gasteiger partial charge is 0.299 e. The molecule has 0 fully saturated rings. The van der Waals surface area contributed by atoms with Crippen molar-refractivity contribution in [2.75, 3.05) is 35.2 Å². The second-order valence-electron chi connectivity index (χ2n) is 4.88.